The van der Waals surface area contributed by atoms with Crippen LogP contribution in [0.2, 0.25) is 0 Å². The molecule has 0 spiro atoms. The molecule has 0 aromatic carbocycles. The SMILES string of the molecule is O=CC[C@@H]1OC(O)[C@@H]2OC(=O)C[C@H]12. The molecule has 2 rings (SSSR count). The Morgan fingerprint density at radius 1 is 1.62 bits per heavy atom. The van der Waals surface area contributed by atoms with Gasteiger partial charge in [0.05, 0.1) is 12.5 Å². The van der Waals surface area contributed by atoms with Crippen molar-refractivity contribution in [2.75, 3.05) is 0 Å². The number of carbonyl (C=O) groups is 2. The highest BCUT2D eigenvalue weighted by Crippen LogP contribution is 2.37. The van der Waals surface area contributed by atoms with Crippen LogP contribution in [0, 0.1) is 5.92 Å². The molecule has 0 radical (unpaired) electrons. The van der Waals surface area contributed by atoms with Gasteiger partial charge in [-0.1, -0.05) is 0 Å². The van der Waals surface area contributed by atoms with E-state index in [2.05, 4.69) is 0 Å². The van der Waals surface area contributed by atoms with E-state index in [0.717, 1.165) is 6.29 Å². The Labute approximate surface area is 74.6 Å². The maximum absolute atomic E-state index is 10.9. The molecule has 0 bridgehead atoms. The van der Waals surface area contributed by atoms with Crippen LogP contribution in [0.25, 0.3) is 0 Å². The summed E-state index contributed by atoms with van der Waals surface area (Å²) < 4.78 is 9.91. The van der Waals surface area contributed by atoms with Crippen LogP contribution in [0.1, 0.15) is 12.8 Å². The highest BCUT2D eigenvalue weighted by Gasteiger charge is 2.51. The van der Waals surface area contributed by atoms with Gasteiger partial charge in [0.15, 0.2) is 12.4 Å². The highest BCUT2D eigenvalue weighted by molar-refractivity contribution is 5.72. The Balaban J connectivity index is 2.09. The second kappa shape index (κ2) is 3.08. The lowest BCUT2D eigenvalue weighted by Crippen LogP contribution is -2.24. The van der Waals surface area contributed by atoms with E-state index >= 15 is 0 Å². The first kappa shape index (κ1) is 8.65. The van der Waals surface area contributed by atoms with Crippen LogP contribution in [-0.2, 0) is 19.1 Å². The predicted molar refractivity (Wildman–Crippen MR) is 39.5 cm³/mol. The number of aliphatic hydroxyl groups excluding tert-OH is 1. The van der Waals surface area contributed by atoms with E-state index in [4.69, 9.17) is 9.47 Å². The quantitative estimate of drug-likeness (QED) is 0.452. The fourth-order valence-corrected chi connectivity index (χ4v) is 1.89. The molecule has 5 heteroatoms. The van der Waals surface area contributed by atoms with Crippen LogP contribution in [0.5, 0.6) is 0 Å². The molecule has 0 aromatic heterocycles. The molecular weight excluding hydrogens is 176 g/mol. The van der Waals surface area contributed by atoms with E-state index in [1.807, 2.05) is 0 Å². The van der Waals surface area contributed by atoms with Gasteiger partial charge in [-0.25, -0.2) is 0 Å². The number of aldehydes is 1. The molecule has 2 saturated heterocycles. The van der Waals surface area contributed by atoms with Gasteiger partial charge < -0.3 is 19.4 Å². The summed E-state index contributed by atoms with van der Waals surface area (Å²) in [7, 11) is 0. The first-order valence-electron chi connectivity index (χ1n) is 4.19. The van der Waals surface area contributed by atoms with Gasteiger partial charge in [-0.2, -0.15) is 0 Å². The van der Waals surface area contributed by atoms with Gasteiger partial charge in [0.1, 0.15) is 6.29 Å². The second-order valence-corrected chi connectivity index (χ2v) is 3.29. The zero-order valence-electron chi connectivity index (χ0n) is 6.88. The maximum Gasteiger partial charge on any atom is 0.306 e. The Kier molecular flexibility index (Phi) is 2.05. The summed E-state index contributed by atoms with van der Waals surface area (Å²) in [6.45, 7) is 0. The van der Waals surface area contributed by atoms with Crippen molar-refractivity contribution in [1.29, 1.82) is 0 Å². The van der Waals surface area contributed by atoms with Crippen LogP contribution in [0.3, 0.4) is 0 Å². The average Bonchev–Trinajstić information content (AvgIpc) is 2.55. The lowest BCUT2D eigenvalue weighted by atomic mass is 9.96. The van der Waals surface area contributed by atoms with Crippen LogP contribution in [-0.4, -0.2) is 35.9 Å². The summed E-state index contributed by atoms with van der Waals surface area (Å²) in [5, 5.41) is 9.30. The molecule has 0 aromatic rings. The van der Waals surface area contributed by atoms with Gasteiger partial charge >= 0.3 is 5.97 Å². The molecule has 2 heterocycles. The molecule has 1 N–H and O–H groups in total. The number of ether oxygens (including phenoxy) is 2. The van der Waals surface area contributed by atoms with Crippen LogP contribution in [0.15, 0.2) is 0 Å². The minimum atomic E-state index is -1.07. The van der Waals surface area contributed by atoms with Gasteiger partial charge in [0, 0.05) is 12.3 Å². The molecular formula is C8H10O5. The zero-order chi connectivity index (χ0) is 9.42. The van der Waals surface area contributed by atoms with E-state index in [-0.39, 0.29) is 30.8 Å². The predicted octanol–water partition coefficient (Wildman–Crippen LogP) is -0.776. The molecule has 0 aliphatic carbocycles. The third kappa shape index (κ3) is 1.34. The Morgan fingerprint density at radius 3 is 3.08 bits per heavy atom. The van der Waals surface area contributed by atoms with Crippen LogP contribution in [0.4, 0.5) is 0 Å². The maximum atomic E-state index is 10.9. The first-order valence-corrected chi connectivity index (χ1v) is 4.19. The Hall–Kier alpha value is -0.940. The number of hydrogen-bond acceptors (Lipinski definition) is 5. The summed E-state index contributed by atoms with van der Waals surface area (Å²) >= 11 is 0. The lowest BCUT2D eigenvalue weighted by Gasteiger charge is -2.09. The summed E-state index contributed by atoms with van der Waals surface area (Å²) in [6.07, 6.45) is -0.847. The lowest BCUT2D eigenvalue weighted by molar-refractivity contribution is -0.165. The molecule has 2 aliphatic heterocycles. The summed E-state index contributed by atoms with van der Waals surface area (Å²) in [4.78, 5) is 21.1. The highest BCUT2D eigenvalue weighted by atomic mass is 16.7. The standard InChI is InChI=1S/C8H10O5/c9-2-1-5-4-3-6(10)13-7(4)8(11)12-5/h2,4-5,7-8,11H,1,3H2/t4-,5+,7-,8?/m1/s1. The van der Waals surface area contributed by atoms with Gasteiger partial charge in [0.25, 0.3) is 0 Å². The van der Waals surface area contributed by atoms with Crippen molar-refractivity contribution in [2.24, 2.45) is 5.92 Å². The smallest absolute Gasteiger partial charge is 0.306 e. The van der Waals surface area contributed by atoms with E-state index < -0.39 is 12.4 Å². The van der Waals surface area contributed by atoms with E-state index in [1.165, 1.54) is 0 Å². The number of fused-ring (bicyclic) bond motifs is 1. The summed E-state index contributed by atoms with van der Waals surface area (Å²) in [5.74, 6) is -0.485. The van der Waals surface area contributed by atoms with Crippen molar-refractivity contribution in [3.05, 3.63) is 0 Å². The molecule has 5 nitrogen and oxygen atoms in total. The fourth-order valence-electron chi connectivity index (χ4n) is 1.89. The Morgan fingerprint density at radius 2 is 2.38 bits per heavy atom. The van der Waals surface area contributed by atoms with E-state index in [9.17, 15) is 14.7 Å². The van der Waals surface area contributed by atoms with Crippen LogP contribution >= 0.6 is 0 Å². The van der Waals surface area contributed by atoms with Gasteiger partial charge in [0.2, 0.25) is 0 Å². The molecule has 72 valence electrons. The van der Waals surface area contributed by atoms with Crippen molar-refractivity contribution in [3.63, 3.8) is 0 Å². The average molecular weight is 186 g/mol. The van der Waals surface area contributed by atoms with E-state index in [0.29, 0.717) is 0 Å². The molecule has 4 atom stereocenters. The first-order chi connectivity index (χ1) is 6.22. The fraction of sp³-hybridized carbons (Fsp3) is 0.750. The van der Waals surface area contributed by atoms with Crippen molar-refractivity contribution in [2.45, 2.75) is 31.3 Å². The number of carbonyl (C=O) groups excluding carboxylic acids is 2. The van der Waals surface area contributed by atoms with Crippen molar-refractivity contribution >= 4 is 12.3 Å². The zero-order valence-corrected chi connectivity index (χ0v) is 6.88. The molecule has 2 fully saturated rings. The van der Waals surface area contributed by atoms with Crippen molar-refractivity contribution in [3.8, 4) is 0 Å². The minimum absolute atomic E-state index is 0.160. The molecule has 0 amide bonds. The summed E-state index contributed by atoms with van der Waals surface area (Å²) in [5.41, 5.74) is 0. The third-order valence-electron chi connectivity index (χ3n) is 2.49. The Bertz CT molecular complexity index is 239. The number of hydrogen-bond donors (Lipinski definition) is 1. The third-order valence-corrected chi connectivity index (χ3v) is 2.49. The van der Waals surface area contributed by atoms with Gasteiger partial charge in [-0.05, 0) is 0 Å². The number of esters is 1. The number of rotatable bonds is 2. The summed E-state index contributed by atoms with van der Waals surface area (Å²) in [6, 6.07) is 0. The molecule has 1 unspecified atom stereocenters. The second-order valence-electron chi connectivity index (χ2n) is 3.29. The van der Waals surface area contributed by atoms with Crippen molar-refractivity contribution < 1.29 is 24.2 Å². The van der Waals surface area contributed by atoms with Gasteiger partial charge in [-0.15, -0.1) is 0 Å². The largest absolute Gasteiger partial charge is 0.457 e. The normalized spacial score (nSPS) is 43.0. The molecule has 13 heavy (non-hydrogen) atoms. The van der Waals surface area contributed by atoms with Gasteiger partial charge in [-0.3, -0.25) is 4.79 Å². The minimum Gasteiger partial charge on any atom is -0.457 e. The topological polar surface area (TPSA) is 72.8 Å². The monoisotopic (exact) mass is 186 g/mol. The molecule has 2 aliphatic rings. The van der Waals surface area contributed by atoms with Crippen molar-refractivity contribution in [1.82, 2.24) is 0 Å². The number of aliphatic hydroxyl groups is 1. The molecule has 0 saturated carbocycles. The van der Waals surface area contributed by atoms with E-state index in [1.54, 1.807) is 0 Å². The van der Waals surface area contributed by atoms with Crippen LogP contribution < -0.4 is 0 Å².